The van der Waals surface area contributed by atoms with Gasteiger partial charge in [-0.25, -0.2) is 4.98 Å². The molecule has 1 N–H and O–H groups in total. The molecule has 0 bridgehead atoms. The Morgan fingerprint density at radius 1 is 1.14 bits per heavy atom. The second-order valence-electron chi connectivity index (χ2n) is 6.25. The third-order valence-electron chi connectivity index (χ3n) is 4.13. The molecule has 4 rings (SSSR count). The Bertz CT molecular complexity index is 1140. The first-order valence-corrected chi connectivity index (χ1v) is 9.50. The molecule has 4 aromatic rings. The zero-order valence-corrected chi connectivity index (χ0v) is 16.7. The molecule has 2 aromatic carbocycles. The van der Waals surface area contributed by atoms with Crippen LogP contribution in [0.15, 0.2) is 65.2 Å². The zero-order valence-electron chi connectivity index (χ0n) is 15.2. The maximum absolute atomic E-state index is 12.4. The molecule has 1 amide bonds. The third-order valence-corrected chi connectivity index (χ3v) is 4.66. The van der Waals surface area contributed by atoms with Crippen molar-refractivity contribution in [2.75, 3.05) is 5.32 Å². The number of ether oxygens (including phenoxy) is 1. The number of benzene rings is 2. The first-order chi connectivity index (χ1) is 14.0. The van der Waals surface area contributed by atoms with Crippen molar-refractivity contribution in [2.24, 2.45) is 0 Å². The van der Waals surface area contributed by atoms with Crippen molar-refractivity contribution in [3.05, 3.63) is 70.8 Å². The van der Waals surface area contributed by atoms with Crippen molar-refractivity contribution in [3.8, 4) is 17.2 Å². The maximum atomic E-state index is 12.4. The van der Waals surface area contributed by atoms with E-state index in [9.17, 15) is 4.79 Å². The topological polar surface area (TPSA) is 77.2 Å². The van der Waals surface area contributed by atoms with E-state index in [1.807, 2.05) is 18.2 Å². The molecule has 0 aliphatic carbocycles. The fourth-order valence-electron chi connectivity index (χ4n) is 2.65. The molecule has 1 atom stereocenters. The second kappa shape index (κ2) is 8.11. The predicted molar refractivity (Wildman–Crippen MR) is 112 cm³/mol. The molecule has 0 radical (unpaired) electrons. The van der Waals surface area contributed by atoms with Gasteiger partial charge in [0, 0.05) is 22.5 Å². The Morgan fingerprint density at radius 3 is 2.66 bits per heavy atom. The SMILES string of the molecule is C[C@@H](Oc1ccc(Cl)cc1Cl)C(=O)Nc1ccc(-c2nc3ncccc3o2)cc1. The van der Waals surface area contributed by atoms with Gasteiger partial charge in [0.05, 0.1) is 5.02 Å². The van der Waals surface area contributed by atoms with Crippen molar-refractivity contribution in [3.63, 3.8) is 0 Å². The summed E-state index contributed by atoms with van der Waals surface area (Å²) in [7, 11) is 0. The minimum Gasteiger partial charge on any atom is -0.479 e. The number of fused-ring (bicyclic) bond motifs is 1. The molecule has 29 heavy (non-hydrogen) atoms. The number of carbonyl (C=O) groups is 1. The number of anilines is 1. The standard InChI is InChI=1S/C21H15Cl2N3O3/c1-12(28-17-9-6-14(22)11-16(17)23)20(27)25-15-7-4-13(5-8-15)21-26-19-18(29-21)3-2-10-24-19/h2-12H,1H3,(H,25,27)/t12-/m1/s1. The van der Waals surface area contributed by atoms with Crippen LogP contribution in [0, 0.1) is 0 Å². The van der Waals surface area contributed by atoms with E-state index < -0.39 is 6.10 Å². The number of amides is 1. The van der Waals surface area contributed by atoms with Gasteiger partial charge >= 0.3 is 0 Å². The highest BCUT2D eigenvalue weighted by molar-refractivity contribution is 6.35. The van der Waals surface area contributed by atoms with Crippen molar-refractivity contribution in [2.45, 2.75) is 13.0 Å². The Hall–Kier alpha value is -3.09. The number of hydrogen-bond donors (Lipinski definition) is 1. The first-order valence-electron chi connectivity index (χ1n) is 8.74. The van der Waals surface area contributed by atoms with Crippen LogP contribution in [0.4, 0.5) is 5.69 Å². The van der Waals surface area contributed by atoms with Crippen LogP contribution >= 0.6 is 23.2 Å². The van der Waals surface area contributed by atoms with Crippen LogP contribution in [0.5, 0.6) is 5.75 Å². The average molecular weight is 428 g/mol. The summed E-state index contributed by atoms with van der Waals surface area (Å²) in [5.74, 6) is 0.541. The molecule has 146 valence electrons. The molecule has 0 saturated heterocycles. The van der Waals surface area contributed by atoms with Gasteiger partial charge in [-0.2, -0.15) is 4.98 Å². The minimum absolute atomic E-state index is 0.310. The molecule has 2 aromatic heterocycles. The largest absolute Gasteiger partial charge is 0.479 e. The highest BCUT2D eigenvalue weighted by Gasteiger charge is 2.17. The van der Waals surface area contributed by atoms with E-state index in [-0.39, 0.29) is 5.91 Å². The molecule has 0 unspecified atom stereocenters. The van der Waals surface area contributed by atoms with Crippen molar-refractivity contribution in [1.29, 1.82) is 0 Å². The number of hydrogen-bond acceptors (Lipinski definition) is 5. The van der Waals surface area contributed by atoms with Gasteiger partial charge in [-0.05, 0) is 61.5 Å². The van der Waals surface area contributed by atoms with Crippen LogP contribution in [0.2, 0.25) is 10.0 Å². The lowest BCUT2D eigenvalue weighted by atomic mass is 10.2. The molecule has 8 heteroatoms. The molecule has 2 heterocycles. The average Bonchev–Trinajstić information content (AvgIpc) is 3.15. The van der Waals surface area contributed by atoms with Gasteiger partial charge in [-0.3, -0.25) is 4.79 Å². The monoisotopic (exact) mass is 427 g/mol. The van der Waals surface area contributed by atoms with Crippen LogP contribution < -0.4 is 10.1 Å². The van der Waals surface area contributed by atoms with Crippen molar-refractivity contribution >= 4 is 46.0 Å². The van der Waals surface area contributed by atoms with Gasteiger partial charge < -0.3 is 14.5 Å². The molecule has 0 spiro atoms. The summed E-state index contributed by atoms with van der Waals surface area (Å²) >= 11 is 12.0. The van der Waals surface area contributed by atoms with Gasteiger partial charge in [-0.15, -0.1) is 0 Å². The Labute approximate surface area is 176 Å². The Kier molecular flexibility index (Phi) is 5.38. The van der Waals surface area contributed by atoms with Gasteiger partial charge in [0.15, 0.2) is 17.3 Å². The highest BCUT2D eigenvalue weighted by Crippen LogP contribution is 2.29. The smallest absolute Gasteiger partial charge is 0.265 e. The number of pyridine rings is 1. The number of nitrogens with one attached hydrogen (secondary N) is 1. The van der Waals surface area contributed by atoms with E-state index in [1.165, 1.54) is 0 Å². The lowest BCUT2D eigenvalue weighted by Gasteiger charge is -2.16. The summed E-state index contributed by atoms with van der Waals surface area (Å²) in [5, 5.41) is 3.64. The number of halogens is 2. The molecular weight excluding hydrogens is 413 g/mol. The minimum atomic E-state index is -0.753. The number of carbonyl (C=O) groups excluding carboxylic acids is 1. The van der Waals surface area contributed by atoms with Gasteiger partial charge in [0.2, 0.25) is 5.89 Å². The number of nitrogens with zero attached hydrogens (tertiary/aromatic N) is 2. The summed E-state index contributed by atoms with van der Waals surface area (Å²) in [6.07, 6.45) is 0.907. The fourth-order valence-corrected chi connectivity index (χ4v) is 3.10. The quantitative estimate of drug-likeness (QED) is 0.448. The van der Waals surface area contributed by atoms with E-state index in [2.05, 4.69) is 15.3 Å². The molecule has 0 fully saturated rings. The normalized spacial score (nSPS) is 12.0. The van der Waals surface area contributed by atoms with E-state index in [0.717, 1.165) is 5.56 Å². The predicted octanol–water partition coefficient (Wildman–Crippen LogP) is 5.60. The summed E-state index contributed by atoms with van der Waals surface area (Å²) in [6.45, 7) is 1.64. The Morgan fingerprint density at radius 2 is 1.93 bits per heavy atom. The van der Waals surface area contributed by atoms with Crippen LogP contribution in [-0.4, -0.2) is 22.0 Å². The third kappa shape index (κ3) is 4.34. The van der Waals surface area contributed by atoms with Gasteiger partial charge in [0.25, 0.3) is 5.91 Å². The molecule has 6 nitrogen and oxygen atoms in total. The molecule has 0 aliphatic rings. The number of aromatic nitrogens is 2. The summed E-state index contributed by atoms with van der Waals surface area (Å²) in [4.78, 5) is 20.9. The first kappa shape index (κ1) is 19.2. The van der Waals surface area contributed by atoms with Gasteiger partial charge in [-0.1, -0.05) is 23.2 Å². The summed E-state index contributed by atoms with van der Waals surface area (Å²) in [5.41, 5.74) is 2.56. The van der Waals surface area contributed by atoms with Crippen molar-refractivity contribution < 1.29 is 13.9 Å². The second-order valence-corrected chi connectivity index (χ2v) is 7.09. The number of oxazole rings is 1. The van der Waals surface area contributed by atoms with Crippen LogP contribution in [0.3, 0.4) is 0 Å². The Balaban J connectivity index is 1.43. The summed E-state index contributed by atoms with van der Waals surface area (Å²) in [6, 6.07) is 15.6. The van der Waals surface area contributed by atoms with Gasteiger partial charge in [0.1, 0.15) is 5.75 Å². The maximum Gasteiger partial charge on any atom is 0.265 e. The lowest BCUT2D eigenvalue weighted by Crippen LogP contribution is -2.30. The van der Waals surface area contributed by atoms with Crippen LogP contribution in [-0.2, 0) is 4.79 Å². The highest BCUT2D eigenvalue weighted by atomic mass is 35.5. The molecule has 0 aliphatic heterocycles. The lowest BCUT2D eigenvalue weighted by molar-refractivity contribution is -0.122. The summed E-state index contributed by atoms with van der Waals surface area (Å²) < 4.78 is 11.3. The molecule has 0 saturated carbocycles. The van der Waals surface area contributed by atoms with E-state index in [4.69, 9.17) is 32.4 Å². The van der Waals surface area contributed by atoms with Crippen molar-refractivity contribution in [1.82, 2.24) is 9.97 Å². The molecular formula is C21H15Cl2N3O3. The fraction of sp³-hybridized carbons (Fsp3) is 0.0952. The number of rotatable bonds is 5. The van der Waals surface area contributed by atoms with Crippen LogP contribution in [0.1, 0.15) is 6.92 Å². The van der Waals surface area contributed by atoms with Crippen LogP contribution in [0.25, 0.3) is 22.7 Å². The van der Waals surface area contributed by atoms with E-state index in [0.29, 0.717) is 38.6 Å². The van der Waals surface area contributed by atoms with E-state index >= 15 is 0 Å². The van der Waals surface area contributed by atoms with E-state index in [1.54, 1.807) is 49.5 Å². The zero-order chi connectivity index (χ0) is 20.4.